The van der Waals surface area contributed by atoms with Gasteiger partial charge in [0.15, 0.2) is 18.9 Å². The molecule has 3 fully saturated rings. The van der Waals surface area contributed by atoms with E-state index in [1.165, 1.54) is 0 Å². The zero-order valence-corrected chi connectivity index (χ0v) is 17.7. The van der Waals surface area contributed by atoms with Gasteiger partial charge in [0.25, 0.3) is 0 Å². The average Bonchev–Trinajstić information content (AvgIpc) is 2.82. The predicted molar refractivity (Wildman–Crippen MR) is 101 cm³/mol. The van der Waals surface area contributed by atoms with Gasteiger partial charge in [-0.15, -0.1) is 0 Å². The van der Waals surface area contributed by atoms with E-state index in [4.69, 9.17) is 23.7 Å². The molecule has 3 rings (SSSR count). The Kier molecular flexibility index (Phi) is 9.54. The molecule has 0 aromatic carbocycles. The fourth-order valence-corrected chi connectivity index (χ4v) is 3.93. The summed E-state index contributed by atoms with van der Waals surface area (Å²) in [5, 5.41) is 109. The second-order valence-corrected chi connectivity index (χ2v) is 8.37. The van der Waals surface area contributed by atoms with E-state index < -0.39 is 112 Å². The lowest BCUT2D eigenvalue weighted by Crippen LogP contribution is -2.65. The molecule has 3 heterocycles. The van der Waals surface area contributed by atoms with E-state index in [-0.39, 0.29) is 0 Å². The van der Waals surface area contributed by atoms with Gasteiger partial charge in [0.2, 0.25) is 0 Å². The van der Waals surface area contributed by atoms with Crippen molar-refractivity contribution < 1.29 is 79.9 Å². The predicted octanol–water partition coefficient (Wildman–Crippen LogP) is -7.57. The van der Waals surface area contributed by atoms with Crippen LogP contribution in [0.3, 0.4) is 0 Å². The zero-order chi connectivity index (χ0) is 25.3. The van der Waals surface area contributed by atoms with Crippen LogP contribution in [-0.4, -0.2) is 168 Å². The molecule has 0 bridgehead atoms. The minimum absolute atomic E-state index is 0.609. The van der Waals surface area contributed by atoms with Gasteiger partial charge in [-0.25, -0.2) is 0 Å². The number of aliphatic hydroxyl groups is 11. The van der Waals surface area contributed by atoms with Crippen LogP contribution in [0.2, 0.25) is 0 Å². The highest BCUT2D eigenvalue weighted by Crippen LogP contribution is 2.30. The Labute approximate surface area is 192 Å². The molecule has 34 heavy (non-hydrogen) atoms. The molecule has 0 radical (unpaired) electrons. The summed E-state index contributed by atoms with van der Waals surface area (Å²) >= 11 is 0. The molecule has 0 aromatic heterocycles. The summed E-state index contributed by atoms with van der Waals surface area (Å²) in [5.74, 6) is 0. The van der Waals surface area contributed by atoms with Gasteiger partial charge in [0.05, 0.1) is 19.8 Å². The SMILES string of the molecule is OC[C@H]1O[C@H](O[C@H]2[C@@H](OC[C@H]3OC(O)[C@H](O)[C@@H](O)[C@@H]3O)O[C@H](CO)[C@@H](O)[C@@H]2O)[C@H](O)[C@@H](O)[C@@H]1O. The second-order valence-electron chi connectivity index (χ2n) is 8.37. The van der Waals surface area contributed by atoms with Gasteiger partial charge >= 0.3 is 0 Å². The summed E-state index contributed by atoms with van der Waals surface area (Å²) in [7, 11) is 0. The molecule has 3 aliphatic rings. The molecule has 11 N–H and O–H groups in total. The second kappa shape index (κ2) is 11.6. The van der Waals surface area contributed by atoms with E-state index in [0.29, 0.717) is 0 Å². The lowest BCUT2D eigenvalue weighted by Gasteiger charge is -2.46. The maximum atomic E-state index is 10.5. The minimum Gasteiger partial charge on any atom is -0.394 e. The highest BCUT2D eigenvalue weighted by Gasteiger charge is 2.51. The van der Waals surface area contributed by atoms with Gasteiger partial charge in [-0.05, 0) is 0 Å². The zero-order valence-electron chi connectivity index (χ0n) is 17.7. The monoisotopic (exact) mass is 504 g/mol. The Morgan fingerprint density at radius 2 is 1.00 bits per heavy atom. The Morgan fingerprint density at radius 1 is 0.500 bits per heavy atom. The van der Waals surface area contributed by atoms with Crippen molar-refractivity contribution in [1.82, 2.24) is 0 Å². The molecule has 0 amide bonds. The lowest BCUT2D eigenvalue weighted by atomic mass is 9.97. The molecule has 16 nitrogen and oxygen atoms in total. The van der Waals surface area contributed by atoms with E-state index in [1.807, 2.05) is 0 Å². The van der Waals surface area contributed by atoms with Gasteiger partial charge in [0.1, 0.15) is 73.2 Å². The van der Waals surface area contributed by atoms with Crippen molar-refractivity contribution in [3.63, 3.8) is 0 Å². The molecule has 0 spiro atoms. The Morgan fingerprint density at radius 3 is 1.59 bits per heavy atom. The van der Waals surface area contributed by atoms with E-state index >= 15 is 0 Å². The Hall–Kier alpha value is -0.640. The van der Waals surface area contributed by atoms with Crippen LogP contribution in [0.25, 0.3) is 0 Å². The van der Waals surface area contributed by atoms with Gasteiger partial charge < -0.3 is 79.9 Å². The van der Waals surface area contributed by atoms with Gasteiger partial charge in [-0.1, -0.05) is 0 Å². The first-order chi connectivity index (χ1) is 16.0. The fraction of sp³-hybridized carbons (Fsp3) is 1.00. The molecule has 0 aromatic rings. The maximum absolute atomic E-state index is 10.5. The third kappa shape index (κ3) is 5.52. The summed E-state index contributed by atoms with van der Waals surface area (Å²) in [6.07, 6.45) is -25.0. The Bertz CT molecular complexity index is 639. The molecule has 16 heteroatoms. The quantitative estimate of drug-likeness (QED) is 0.154. The largest absolute Gasteiger partial charge is 0.394 e. The van der Waals surface area contributed by atoms with Crippen LogP contribution in [-0.2, 0) is 23.7 Å². The number of rotatable bonds is 7. The molecule has 15 atom stereocenters. The molecule has 0 aliphatic carbocycles. The van der Waals surface area contributed by atoms with Crippen molar-refractivity contribution in [3.05, 3.63) is 0 Å². The van der Waals surface area contributed by atoms with Crippen LogP contribution in [0.1, 0.15) is 0 Å². The summed E-state index contributed by atoms with van der Waals surface area (Å²) in [5.41, 5.74) is 0. The summed E-state index contributed by atoms with van der Waals surface area (Å²) in [6, 6.07) is 0. The first kappa shape index (κ1) is 27.9. The normalized spacial score (nSPS) is 52.5. The molecular formula is C18H32O16. The van der Waals surface area contributed by atoms with E-state index in [9.17, 15) is 56.2 Å². The summed E-state index contributed by atoms with van der Waals surface area (Å²) in [6.45, 7) is -2.11. The van der Waals surface area contributed by atoms with Gasteiger partial charge in [0, 0.05) is 0 Å². The van der Waals surface area contributed by atoms with Crippen molar-refractivity contribution in [2.75, 3.05) is 19.8 Å². The summed E-state index contributed by atoms with van der Waals surface area (Å²) < 4.78 is 26.5. The number of ether oxygens (including phenoxy) is 5. The highest BCUT2D eigenvalue weighted by molar-refractivity contribution is 4.94. The van der Waals surface area contributed by atoms with Gasteiger partial charge in [-0.2, -0.15) is 0 Å². The molecule has 200 valence electrons. The molecule has 1 unspecified atom stereocenters. The van der Waals surface area contributed by atoms with Crippen molar-refractivity contribution in [3.8, 4) is 0 Å². The van der Waals surface area contributed by atoms with Crippen molar-refractivity contribution in [2.24, 2.45) is 0 Å². The minimum atomic E-state index is -1.85. The van der Waals surface area contributed by atoms with E-state index in [2.05, 4.69) is 0 Å². The van der Waals surface area contributed by atoms with Crippen LogP contribution in [0.15, 0.2) is 0 Å². The van der Waals surface area contributed by atoms with Crippen LogP contribution in [0.5, 0.6) is 0 Å². The summed E-state index contributed by atoms with van der Waals surface area (Å²) in [4.78, 5) is 0. The smallest absolute Gasteiger partial charge is 0.187 e. The molecular weight excluding hydrogens is 472 g/mol. The van der Waals surface area contributed by atoms with E-state index in [0.717, 1.165) is 0 Å². The topological polar surface area (TPSA) is 269 Å². The number of hydrogen-bond acceptors (Lipinski definition) is 16. The number of hydrogen-bond donors (Lipinski definition) is 11. The maximum Gasteiger partial charge on any atom is 0.187 e. The first-order valence-electron chi connectivity index (χ1n) is 10.6. The first-order valence-corrected chi connectivity index (χ1v) is 10.6. The molecule has 0 saturated carbocycles. The van der Waals surface area contributed by atoms with Crippen LogP contribution in [0, 0.1) is 0 Å². The average molecular weight is 504 g/mol. The van der Waals surface area contributed by atoms with E-state index in [1.54, 1.807) is 0 Å². The fourth-order valence-electron chi connectivity index (χ4n) is 3.93. The Balaban J connectivity index is 1.74. The third-order valence-electron chi connectivity index (χ3n) is 6.08. The van der Waals surface area contributed by atoms with Crippen LogP contribution in [0.4, 0.5) is 0 Å². The standard InChI is InChI=1S/C18H32O16/c19-1-4-7(21)11(25)14(28)17(32-4)34-15-12(26)8(22)5(2-20)33-18(15)30-3-6-9(23)10(24)13(27)16(29)31-6/h4-29H,1-3H2/t4-,5-,6-,7-,8-,9-,10+,11+,12+,13-,14-,15-,16?,17-,18+/m1/s1. The third-order valence-corrected chi connectivity index (χ3v) is 6.08. The van der Waals surface area contributed by atoms with Crippen molar-refractivity contribution >= 4 is 0 Å². The number of aliphatic hydroxyl groups excluding tert-OH is 11. The lowest BCUT2D eigenvalue weighted by molar-refractivity contribution is -0.372. The van der Waals surface area contributed by atoms with Crippen LogP contribution >= 0.6 is 0 Å². The molecule has 3 aliphatic heterocycles. The van der Waals surface area contributed by atoms with Crippen molar-refractivity contribution in [2.45, 2.75) is 92.1 Å². The van der Waals surface area contributed by atoms with Crippen molar-refractivity contribution in [1.29, 1.82) is 0 Å². The highest BCUT2D eigenvalue weighted by atomic mass is 16.8. The van der Waals surface area contributed by atoms with Crippen LogP contribution < -0.4 is 0 Å². The van der Waals surface area contributed by atoms with Gasteiger partial charge in [-0.3, -0.25) is 0 Å². The molecule has 3 saturated heterocycles.